The van der Waals surface area contributed by atoms with Gasteiger partial charge in [-0.2, -0.15) is 13.2 Å². The van der Waals surface area contributed by atoms with Crippen molar-refractivity contribution in [1.82, 2.24) is 24.5 Å². The van der Waals surface area contributed by atoms with E-state index in [9.17, 15) is 34.8 Å². The molecule has 15 heteroatoms. The first kappa shape index (κ1) is 28.9. The molecule has 0 unspecified atom stereocenters. The number of ether oxygens (including phenoxy) is 1. The first-order valence-electron chi connectivity index (χ1n) is 12.0. The van der Waals surface area contributed by atoms with E-state index in [2.05, 4.69) is 20.0 Å². The third-order valence-electron chi connectivity index (χ3n) is 6.16. The molecule has 0 atom stereocenters. The normalized spacial score (nSPS) is 12.5. The van der Waals surface area contributed by atoms with Crippen LogP contribution in [0.25, 0.3) is 33.8 Å². The van der Waals surface area contributed by atoms with E-state index in [1.54, 1.807) is 24.3 Å². The van der Waals surface area contributed by atoms with Crippen molar-refractivity contribution in [3.8, 4) is 39.5 Å². The summed E-state index contributed by atoms with van der Waals surface area (Å²) in [6.45, 7) is 1.39. The van der Waals surface area contributed by atoms with Crippen LogP contribution >= 0.6 is 0 Å². The van der Waals surface area contributed by atoms with E-state index in [0.717, 1.165) is 24.6 Å². The van der Waals surface area contributed by atoms with E-state index in [4.69, 9.17) is 0 Å². The van der Waals surface area contributed by atoms with Crippen LogP contribution in [0.15, 0.2) is 84.0 Å². The van der Waals surface area contributed by atoms with Crippen LogP contribution in [0.2, 0.25) is 0 Å². The van der Waals surface area contributed by atoms with Gasteiger partial charge in [0.25, 0.3) is 0 Å². The van der Waals surface area contributed by atoms with Crippen molar-refractivity contribution in [1.29, 1.82) is 0 Å². The Bertz CT molecular complexity index is 1880. The summed E-state index contributed by atoms with van der Waals surface area (Å²) in [5.41, 5.74) is 1.02. The number of halogens is 6. The number of hydrogen-bond acceptors (Lipinski definition) is 6. The minimum atomic E-state index is -4.88. The average Bonchev–Trinajstić information content (AvgIpc) is 3.54. The van der Waals surface area contributed by atoms with Crippen molar-refractivity contribution in [2.75, 3.05) is 6.26 Å². The third-order valence-corrected chi connectivity index (χ3v) is 7.27. The SMILES string of the molecule is Cc1nc(C(F)(F)F)cn1-c1ccc(-c2cccc(S(C)(=O)=O)c2)cc1-n1nncc1-c1ccc(OC(F)(F)F)cc1. The van der Waals surface area contributed by atoms with Crippen molar-refractivity contribution >= 4 is 9.84 Å². The molecular weight excluding hydrogens is 588 g/mol. The highest BCUT2D eigenvalue weighted by molar-refractivity contribution is 7.90. The number of nitrogens with zero attached hydrogens (tertiary/aromatic N) is 5. The Balaban J connectivity index is 1.69. The molecule has 0 saturated carbocycles. The van der Waals surface area contributed by atoms with Crippen LogP contribution in [-0.2, 0) is 16.0 Å². The first-order chi connectivity index (χ1) is 19.6. The van der Waals surface area contributed by atoms with Gasteiger partial charge in [0, 0.05) is 18.0 Å². The molecule has 3 aromatic carbocycles. The lowest BCUT2D eigenvalue weighted by Crippen LogP contribution is -2.16. The van der Waals surface area contributed by atoms with Gasteiger partial charge in [-0.25, -0.2) is 18.1 Å². The third kappa shape index (κ3) is 6.00. The van der Waals surface area contributed by atoms with Crippen LogP contribution < -0.4 is 4.74 Å². The van der Waals surface area contributed by atoms with Gasteiger partial charge >= 0.3 is 12.5 Å². The second kappa shape index (κ2) is 10.3. The molecule has 5 rings (SSSR count). The summed E-state index contributed by atoms with van der Waals surface area (Å²) in [4.78, 5) is 3.70. The van der Waals surface area contributed by atoms with E-state index >= 15 is 0 Å². The van der Waals surface area contributed by atoms with Crippen molar-refractivity contribution < 1.29 is 39.5 Å². The molecular formula is C27H19F6N5O3S. The van der Waals surface area contributed by atoms with Crippen molar-refractivity contribution in [2.45, 2.75) is 24.4 Å². The summed E-state index contributed by atoms with van der Waals surface area (Å²) in [5, 5.41) is 8.04. The second-order valence-corrected chi connectivity index (χ2v) is 11.2. The Labute approximate surface area is 234 Å². The Morgan fingerprint density at radius 2 is 1.50 bits per heavy atom. The molecule has 2 aromatic heterocycles. The zero-order valence-corrected chi connectivity index (χ0v) is 22.5. The Morgan fingerprint density at radius 1 is 0.833 bits per heavy atom. The molecule has 42 heavy (non-hydrogen) atoms. The molecule has 0 spiro atoms. The Hall–Kier alpha value is -4.66. The van der Waals surface area contributed by atoms with Gasteiger partial charge in [-0.3, -0.25) is 0 Å². The molecule has 2 heterocycles. The van der Waals surface area contributed by atoms with Gasteiger partial charge in [-0.15, -0.1) is 18.3 Å². The maximum Gasteiger partial charge on any atom is 0.573 e. The largest absolute Gasteiger partial charge is 0.573 e. The molecule has 0 bridgehead atoms. The van der Waals surface area contributed by atoms with Gasteiger partial charge in [0.15, 0.2) is 15.5 Å². The molecule has 0 N–H and O–H groups in total. The van der Waals surface area contributed by atoms with Crippen molar-refractivity contribution in [3.63, 3.8) is 0 Å². The quantitative estimate of drug-likeness (QED) is 0.207. The maximum atomic E-state index is 13.5. The summed E-state index contributed by atoms with van der Waals surface area (Å²) < 4.78 is 109. The second-order valence-electron chi connectivity index (χ2n) is 9.15. The molecule has 0 amide bonds. The summed E-state index contributed by atoms with van der Waals surface area (Å²) >= 11 is 0. The van der Waals surface area contributed by atoms with E-state index in [-0.39, 0.29) is 22.1 Å². The number of benzene rings is 3. The van der Waals surface area contributed by atoms with Gasteiger partial charge in [-0.1, -0.05) is 23.4 Å². The predicted molar refractivity (Wildman–Crippen MR) is 139 cm³/mol. The minimum absolute atomic E-state index is 0.0192. The average molecular weight is 608 g/mol. The van der Waals surface area contributed by atoms with E-state index in [1.807, 2.05) is 0 Å². The summed E-state index contributed by atoms with van der Waals surface area (Å²) in [5.74, 6) is -0.432. The van der Waals surface area contributed by atoms with E-state index in [0.29, 0.717) is 22.4 Å². The smallest absolute Gasteiger partial charge is 0.406 e. The lowest BCUT2D eigenvalue weighted by Gasteiger charge is -2.16. The number of sulfone groups is 1. The molecule has 0 radical (unpaired) electrons. The van der Waals surface area contributed by atoms with Gasteiger partial charge in [0.2, 0.25) is 0 Å². The first-order valence-corrected chi connectivity index (χ1v) is 13.8. The highest BCUT2D eigenvalue weighted by Crippen LogP contribution is 2.35. The van der Waals surface area contributed by atoms with Gasteiger partial charge in [-0.05, 0) is 66.6 Å². The number of hydrogen-bond donors (Lipinski definition) is 0. The summed E-state index contributed by atoms with van der Waals surface area (Å²) in [6, 6.07) is 15.7. The van der Waals surface area contributed by atoms with E-state index in [1.165, 1.54) is 52.7 Å². The van der Waals surface area contributed by atoms with Gasteiger partial charge < -0.3 is 9.30 Å². The Morgan fingerprint density at radius 3 is 2.12 bits per heavy atom. The fraction of sp³-hybridized carbons (Fsp3) is 0.148. The molecule has 5 aromatic rings. The van der Waals surface area contributed by atoms with Crippen LogP contribution in [0, 0.1) is 6.92 Å². The Kier molecular flexibility index (Phi) is 7.08. The minimum Gasteiger partial charge on any atom is -0.406 e. The number of rotatable bonds is 6. The molecule has 8 nitrogen and oxygen atoms in total. The fourth-order valence-electron chi connectivity index (χ4n) is 4.27. The zero-order chi connectivity index (χ0) is 30.4. The molecule has 0 aliphatic carbocycles. The predicted octanol–water partition coefficient (Wildman–Crippen LogP) is 6.42. The molecule has 0 fully saturated rings. The summed E-state index contributed by atoms with van der Waals surface area (Å²) in [7, 11) is -3.54. The highest BCUT2D eigenvalue weighted by Gasteiger charge is 2.35. The number of imidazole rings is 1. The monoisotopic (exact) mass is 607 g/mol. The zero-order valence-electron chi connectivity index (χ0n) is 21.6. The van der Waals surface area contributed by atoms with Gasteiger partial charge in [0.05, 0.1) is 28.2 Å². The van der Waals surface area contributed by atoms with Crippen LogP contribution in [-0.4, -0.2) is 45.6 Å². The van der Waals surface area contributed by atoms with Crippen molar-refractivity contribution in [2.24, 2.45) is 0 Å². The fourth-order valence-corrected chi connectivity index (χ4v) is 4.94. The van der Waals surface area contributed by atoms with Crippen LogP contribution in [0.1, 0.15) is 11.5 Å². The highest BCUT2D eigenvalue weighted by atomic mass is 32.2. The van der Waals surface area contributed by atoms with E-state index < -0.39 is 33.8 Å². The standard InChI is InChI=1S/C27H19F6N5O3S/c1-16-35-25(26(28,29)30)15-37(16)22-11-8-19(18-4-3-5-21(12-18)42(2,39)40)13-23(22)38-24(14-34-36-38)17-6-9-20(10-7-17)41-27(31,32)33/h3-15H,1-2H3. The number of aryl methyl sites for hydroxylation is 1. The maximum absolute atomic E-state index is 13.5. The number of alkyl halides is 6. The van der Waals surface area contributed by atoms with Crippen molar-refractivity contribution in [3.05, 3.63) is 90.6 Å². The van der Waals surface area contributed by atoms with Crippen LogP contribution in [0.3, 0.4) is 0 Å². The summed E-state index contributed by atoms with van der Waals surface area (Å²) in [6.07, 6.45) is -6.36. The molecule has 0 aliphatic rings. The number of aromatic nitrogens is 5. The van der Waals surface area contributed by atoms with Gasteiger partial charge in [0.1, 0.15) is 11.6 Å². The topological polar surface area (TPSA) is 91.9 Å². The molecule has 0 aliphatic heterocycles. The lowest BCUT2D eigenvalue weighted by atomic mass is 10.0. The molecule has 0 saturated heterocycles. The van der Waals surface area contributed by atoms with Crippen LogP contribution in [0.4, 0.5) is 26.3 Å². The molecule has 218 valence electrons. The van der Waals surface area contributed by atoms with Crippen LogP contribution in [0.5, 0.6) is 5.75 Å². The lowest BCUT2D eigenvalue weighted by molar-refractivity contribution is -0.274.